The summed E-state index contributed by atoms with van der Waals surface area (Å²) in [7, 11) is -3.81. The number of nitrogens with one attached hydrogen (secondary N) is 1. The number of hydrogen-bond donors (Lipinski definition) is 1. The lowest BCUT2D eigenvalue weighted by Crippen LogP contribution is -2.13. The van der Waals surface area contributed by atoms with Gasteiger partial charge in [0.1, 0.15) is 4.90 Å². The fraction of sp³-hybridized carbons (Fsp3) is 0.167. The number of aryl methyl sites for hydroxylation is 1. The molecule has 0 saturated heterocycles. The monoisotopic (exact) mass is 413 g/mol. The normalized spacial score (nSPS) is 11.9. The summed E-state index contributed by atoms with van der Waals surface area (Å²) in [4.78, 5) is 0.938. The molecule has 0 aliphatic heterocycles. The zero-order valence-corrected chi connectivity index (χ0v) is 14.7. The van der Waals surface area contributed by atoms with Gasteiger partial charge in [-0.05, 0) is 41.1 Å². The lowest BCUT2D eigenvalue weighted by molar-refractivity contribution is 0.252. The van der Waals surface area contributed by atoms with Crippen LogP contribution in [0, 0.1) is 6.92 Å². The van der Waals surface area contributed by atoms with Gasteiger partial charge in [0.05, 0.1) is 9.47 Å². The van der Waals surface area contributed by atoms with Crippen molar-refractivity contribution in [3.63, 3.8) is 0 Å². The molecule has 0 fully saturated rings. The van der Waals surface area contributed by atoms with E-state index in [0.29, 0.717) is 20.4 Å². The number of thiophene rings is 1. The van der Waals surface area contributed by atoms with E-state index in [4.69, 9.17) is 0 Å². The molecule has 0 bridgehead atoms. The van der Waals surface area contributed by atoms with Gasteiger partial charge < -0.3 is 0 Å². The number of para-hydroxylation sites is 1. The molecule has 21 heavy (non-hydrogen) atoms. The van der Waals surface area contributed by atoms with Gasteiger partial charge in [0.2, 0.25) is 0 Å². The molecule has 0 amide bonds. The maximum atomic E-state index is 12.5. The van der Waals surface area contributed by atoms with E-state index in [9.17, 15) is 17.2 Å². The molecule has 1 aromatic heterocycles. The summed E-state index contributed by atoms with van der Waals surface area (Å²) < 4.78 is 52.8. The smallest absolute Gasteiger partial charge is 0.278 e. The zero-order chi connectivity index (χ0) is 15.6. The quantitative estimate of drug-likeness (QED) is 0.706. The number of thioether (sulfide) groups is 1. The molecule has 0 spiro atoms. The van der Waals surface area contributed by atoms with E-state index in [1.54, 1.807) is 19.1 Å². The van der Waals surface area contributed by atoms with E-state index >= 15 is 0 Å². The third-order valence-corrected chi connectivity index (χ3v) is 6.44. The van der Waals surface area contributed by atoms with E-state index in [-0.39, 0.29) is 15.5 Å². The van der Waals surface area contributed by atoms with Crippen LogP contribution < -0.4 is 4.72 Å². The highest BCUT2D eigenvalue weighted by Gasteiger charge is 2.21. The van der Waals surface area contributed by atoms with Crippen LogP contribution in [0.15, 0.2) is 43.9 Å². The topological polar surface area (TPSA) is 46.2 Å². The van der Waals surface area contributed by atoms with Crippen molar-refractivity contribution in [3.05, 3.63) is 39.0 Å². The van der Waals surface area contributed by atoms with E-state index < -0.39 is 15.8 Å². The lowest BCUT2D eigenvalue weighted by Gasteiger charge is -2.11. The fourth-order valence-electron chi connectivity index (χ4n) is 1.65. The molecular formula is C12H10BrF2NO2S3. The molecule has 1 heterocycles. The highest BCUT2D eigenvalue weighted by Crippen LogP contribution is 2.35. The molecule has 0 radical (unpaired) electrons. The number of sulfonamides is 1. The first kappa shape index (κ1) is 16.7. The third kappa shape index (κ3) is 4.18. The summed E-state index contributed by atoms with van der Waals surface area (Å²) in [6.07, 6.45) is 0. The van der Waals surface area contributed by atoms with Crippen LogP contribution in [0.25, 0.3) is 0 Å². The van der Waals surface area contributed by atoms with Crippen molar-refractivity contribution in [3.8, 4) is 0 Å². The van der Waals surface area contributed by atoms with Crippen molar-refractivity contribution in [2.24, 2.45) is 0 Å². The van der Waals surface area contributed by atoms with Crippen LogP contribution in [0.2, 0.25) is 0 Å². The first-order valence-corrected chi connectivity index (χ1v) is 9.59. The van der Waals surface area contributed by atoms with Crippen molar-refractivity contribution in [1.82, 2.24) is 0 Å². The van der Waals surface area contributed by atoms with Gasteiger partial charge in [-0.2, -0.15) is 8.78 Å². The molecule has 0 aliphatic carbocycles. The van der Waals surface area contributed by atoms with Crippen LogP contribution in [0.5, 0.6) is 0 Å². The minimum Gasteiger partial charge on any atom is -0.278 e. The second kappa shape index (κ2) is 6.64. The number of alkyl halides is 2. The van der Waals surface area contributed by atoms with Crippen LogP contribution in [0.1, 0.15) is 4.88 Å². The molecule has 9 heteroatoms. The molecule has 0 unspecified atom stereocenters. The first-order valence-electron chi connectivity index (χ1n) is 5.62. The summed E-state index contributed by atoms with van der Waals surface area (Å²) in [5.74, 6) is -2.62. The molecule has 0 atom stereocenters. The largest absolute Gasteiger partial charge is 0.288 e. The van der Waals surface area contributed by atoms with Crippen molar-refractivity contribution in [2.45, 2.75) is 22.5 Å². The van der Waals surface area contributed by atoms with Gasteiger partial charge in [-0.1, -0.05) is 23.9 Å². The second-order valence-corrected chi connectivity index (χ2v) is 9.27. The summed E-state index contributed by atoms with van der Waals surface area (Å²) in [5.41, 5.74) is 0.143. The van der Waals surface area contributed by atoms with Gasteiger partial charge in [0, 0.05) is 9.77 Å². The van der Waals surface area contributed by atoms with Crippen LogP contribution in [0.3, 0.4) is 0 Å². The van der Waals surface area contributed by atoms with Crippen LogP contribution in [-0.2, 0) is 10.0 Å². The Balaban J connectivity index is 2.35. The predicted octanol–water partition coefficient (Wildman–Crippen LogP) is 4.93. The van der Waals surface area contributed by atoms with Gasteiger partial charge in [-0.3, -0.25) is 4.72 Å². The Hall–Kier alpha value is -0.640. The second-order valence-electron chi connectivity index (χ2n) is 3.95. The fourth-order valence-corrected chi connectivity index (χ4v) is 5.80. The SMILES string of the molecule is Cc1sc(Br)cc1S(=O)(=O)Nc1ccccc1SC(F)F. The molecule has 114 valence electrons. The highest BCUT2D eigenvalue weighted by molar-refractivity contribution is 9.11. The van der Waals surface area contributed by atoms with E-state index in [0.717, 1.165) is 0 Å². The van der Waals surface area contributed by atoms with Gasteiger partial charge in [0.15, 0.2) is 0 Å². The van der Waals surface area contributed by atoms with Crippen LogP contribution in [0.4, 0.5) is 14.5 Å². The van der Waals surface area contributed by atoms with E-state index in [2.05, 4.69) is 20.7 Å². The number of anilines is 1. The lowest BCUT2D eigenvalue weighted by atomic mass is 10.3. The number of benzene rings is 1. The minimum atomic E-state index is -3.81. The molecule has 0 aliphatic rings. The van der Waals surface area contributed by atoms with Gasteiger partial charge >= 0.3 is 0 Å². The molecule has 1 N–H and O–H groups in total. The Morgan fingerprint density at radius 1 is 1.33 bits per heavy atom. The molecule has 2 aromatic rings. The Morgan fingerprint density at radius 3 is 2.57 bits per heavy atom. The maximum absolute atomic E-state index is 12.5. The average molecular weight is 414 g/mol. The minimum absolute atomic E-state index is 0.135. The molecule has 1 aromatic carbocycles. The Bertz CT molecular complexity index is 747. The van der Waals surface area contributed by atoms with E-state index in [1.165, 1.54) is 29.5 Å². The van der Waals surface area contributed by atoms with Gasteiger partial charge in [0.25, 0.3) is 15.8 Å². The highest BCUT2D eigenvalue weighted by atomic mass is 79.9. The Kier molecular flexibility index (Phi) is 5.29. The summed E-state index contributed by atoms with van der Waals surface area (Å²) in [5, 5.41) is 0. The standard InChI is InChI=1S/C12H10BrF2NO2S3/c1-7-10(6-11(13)19-7)21(17,18)16-8-4-2-3-5-9(8)20-12(14)15/h2-6,12,16H,1H3. The Morgan fingerprint density at radius 2 is 2.00 bits per heavy atom. The molecule has 3 nitrogen and oxygen atoms in total. The van der Waals surface area contributed by atoms with Crippen molar-refractivity contribution in [1.29, 1.82) is 0 Å². The zero-order valence-electron chi connectivity index (χ0n) is 10.6. The Labute approximate surface area is 137 Å². The van der Waals surface area contributed by atoms with Crippen LogP contribution >= 0.6 is 39.0 Å². The summed E-state index contributed by atoms with van der Waals surface area (Å²) >= 11 is 4.83. The van der Waals surface area contributed by atoms with Crippen molar-refractivity contribution >= 4 is 54.7 Å². The predicted molar refractivity (Wildman–Crippen MR) is 85.9 cm³/mol. The molecule has 0 saturated carbocycles. The number of rotatable bonds is 5. The maximum Gasteiger partial charge on any atom is 0.288 e. The van der Waals surface area contributed by atoms with Crippen molar-refractivity contribution < 1.29 is 17.2 Å². The molecule has 2 rings (SSSR count). The number of hydrogen-bond acceptors (Lipinski definition) is 4. The van der Waals surface area contributed by atoms with Crippen LogP contribution in [-0.4, -0.2) is 14.2 Å². The van der Waals surface area contributed by atoms with Crippen molar-refractivity contribution in [2.75, 3.05) is 4.72 Å². The van der Waals surface area contributed by atoms with E-state index in [1.807, 2.05) is 0 Å². The van der Waals surface area contributed by atoms with Gasteiger partial charge in [-0.15, -0.1) is 11.3 Å². The summed E-state index contributed by atoms with van der Waals surface area (Å²) in [6.45, 7) is 1.68. The molecular weight excluding hydrogens is 404 g/mol. The first-order chi connectivity index (χ1) is 9.79. The van der Waals surface area contributed by atoms with Gasteiger partial charge in [-0.25, -0.2) is 8.42 Å². The average Bonchev–Trinajstić information content (AvgIpc) is 2.71. The number of halogens is 3. The third-order valence-electron chi connectivity index (χ3n) is 2.48. The summed E-state index contributed by atoms with van der Waals surface area (Å²) in [6, 6.07) is 7.56.